The van der Waals surface area contributed by atoms with Crippen LogP contribution in [0.4, 0.5) is 0 Å². The van der Waals surface area contributed by atoms with Crippen molar-refractivity contribution in [3.05, 3.63) is 28.2 Å². The Balaban J connectivity index is 0.000000810. The number of phenols is 1. The Morgan fingerprint density at radius 2 is 1.90 bits per heavy atom. The van der Waals surface area contributed by atoms with Crippen LogP contribution in [0.15, 0.2) is 12.1 Å². The molecule has 0 saturated heterocycles. The third-order valence-corrected chi connectivity index (χ3v) is 1.56. The molecule has 1 aromatic rings. The maximum absolute atomic E-state index is 8.74. The van der Waals surface area contributed by atoms with E-state index in [9.17, 15) is 0 Å². The van der Waals surface area contributed by atoms with Crippen molar-refractivity contribution in [1.82, 2.24) is 0 Å². The Morgan fingerprint density at radius 3 is 2.30 bits per heavy atom. The molecule has 1 nitrogen and oxygen atoms in total. The minimum atomic E-state index is 0. The summed E-state index contributed by atoms with van der Waals surface area (Å²) < 4.78 is 0. The molecule has 54 valence electrons. The topological polar surface area (TPSA) is 20.2 Å². The van der Waals surface area contributed by atoms with Crippen LogP contribution in [0.2, 0.25) is 10.0 Å². The maximum atomic E-state index is 8.74. The van der Waals surface area contributed by atoms with Gasteiger partial charge in [-0.15, -0.1) is 23.7 Å². The van der Waals surface area contributed by atoms with Crippen LogP contribution in [-0.4, -0.2) is 5.11 Å². The summed E-state index contributed by atoms with van der Waals surface area (Å²) in [4.78, 5) is 0. The summed E-state index contributed by atoms with van der Waals surface area (Å²) in [5.74, 6) is 0.00407. The van der Waals surface area contributed by atoms with Crippen molar-refractivity contribution < 1.29 is 26.2 Å². The smallest absolute Gasteiger partial charge is 0.00545 e. The van der Waals surface area contributed by atoms with Gasteiger partial charge in [-0.2, -0.15) is 17.7 Å². The molecule has 0 saturated carbocycles. The van der Waals surface area contributed by atoms with E-state index in [4.69, 9.17) is 28.3 Å². The van der Waals surface area contributed by atoms with Crippen LogP contribution in [-0.2, 0) is 21.1 Å². The van der Waals surface area contributed by atoms with Crippen molar-refractivity contribution in [3.63, 3.8) is 0 Å². The zero-order chi connectivity index (χ0) is 6.85. The van der Waals surface area contributed by atoms with E-state index in [2.05, 4.69) is 6.07 Å². The first-order chi connectivity index (χ1) is 4.20. The van der Waals surface area contributed by atoms with Gasteiger partial charge >= 0.3 is 0 Å². The standard InChI is InChI=1S/C6H3Cl2O.W/c7-5-2-1-4(9)3-6(5)8;/h2-3,9H;/q-1;. The van der Waals surface area contributed by atoms with E-state index in [0.29, 0.717) is 10.0 Å². The molecule has 1 N–H and O–H groups in total. The van der Waals surface area contributed by atoms with Gasteiger partial charge in [0.2, 0.25) is 0 Å². The van der Waals surface area contributed by atoms with Crippen LogP contribution in [0.3, 0.4) is 0 Å². The van der Waals surface area contributed by atoms with Gasteiger partial charge < -0.3 is 5.11 Å². The van der Waals surface area contributed by atoms with Crippen molar-refractivity contribution in [3.8, 4) is 5.75 Å². The minimum Gasteiger partial charge on any atom is -0.534 e. The second kappa shape index (κ2) is 4.23. The van der Waals surface area contributed by atoms with Gasteiger partial charge in [-0.05, 0) is 5.02 Å². The molecule has 4 heteroatoms. The van der Waals surface area contributed by atoms with Crippen molar-refractivity contribution in [2.75, 3.05) is 0 Å². The Hall–Kier alpha value is 0.288. The summed E-state index contributed by atoms with van der Waals surface area (Å²) in [6.45, 7) is 0. The molecule has 0 atom stereocenters. The summed E-state index contributed by atoms with van der Waals surface area (Å²) in [5.41, 5.74) is 0. The summed E-state index contributed by atoms with van der Waals surface area (Å²) in [6, 6.07) is 5.23. The molecule has 1 aromatic carbocycles. The van der Waals surface area contributed by atoms with Crippen LogP contribution >= 0.6 is 23.2 Å². The minimum absolute atomic E-state index is 0. The average Bonchev–Trinajstić information content (AvgIpc) is 1.80. The molecule has 0 amide bonds. The number of benzene rings is 1. The van der Waals surface area contributed by atoms with Crippen molar-refractivity contribution >= 4 is 23.2 Å². The zero-order valence-electron chi connectivity index (χ0n) is 4.77. The fourth-order valence-electron chi connectivity index (χ4n) is 0.437. The molecule has 0 radical (unpaired) electrons. The zero-order valence-corrected chi connectivity index (χ0v) is 9.21. The number of phenolic OH excluding ortho intramolecular Hbond substituents is 1. The number of hydrogen-bond acceptors (Lipinski definition) is 1. The van der Waals surface area contributed by atoms with Gasteiger partial charge in [-0.25, -0.2) is 0 Å². The molecule has 0 bridgehead atoms. The van der Waals surface area contributed by atoms with Crippen molar-refractivity contribution in [1.29, 1.82) is 0 Å². The summed E-state index contributed by atoms with van der Waals surface area (Å²) in [7, 11) is 0. The van der Waals surface area contributed by atoms with Crippen LogP contribution in [0.1, 0.15) is 0 Å². The molecular weight excluding hydrogens is 343 g/mol. The molecule has 0 spiro atoms. The Kier molecular flexibility index (Phi) is 4.35. The average molecular weight is 346 g/mol. The summed E-state index contributed by atoms with van der Waals surface area (Å²) >= 11 is 11.0. The van der Waals surface area contributed by atoms with Gasteiger partial charge in [0, 0.05) is 26.8 Å². The van der Waals surface area contributed by atoms with Gasteiger partial charge in [-0.1, -0.05) is 5.02 Å². The second-order valence-electron chi connectivity index (χ2n) is 1.51. The quantitative estimate of drug-likeness (QED) is 0.716. The number of hydrogen-bond donors (Lipinski definition) is 1. The Labute approximate surface area is 83.2 Å². The summed E-state index contributed by atoms with van der Waals surface area (Å²) in [6.07, 6.45) is 0. The third kappa shape index (κ3) is 2.49. The first-order valence-corrected chi connectivity index (χ1v) is 3.01. The fourth-order valence-corrected chi connectivity index (χ4v) is 0.704. The summed E-state index contributed by atoms with van der Waals surface area (Å²) in [5, 5.41) is 9.48. The first kappa shape index (κ1) is 10.3. The number of aromatic hydroxyl groups is 1. The predicted octanol–water partition coefficient (Wildman–Crippen LogP) is 2.50. The molecule has 1 rings (SSSR count). The van der Waals surface area contributed by atoms with E-state index >= 15 is 0 Å². The van der Waals surface area contributed by atoms with Gasteiger partial charge in [0.25, 0.3) is 0 Å². The van der Waals surface area contributed by atoms with E-state index in [1.807, 2.05) is 0 Å². The van der Waals surface area contributed by atoms with Gasteiger partial charge in [0.05, 0.1) is 0 Å². The largest absolute Gasteiger partial charge is 0.534 e. The molecule has 0 unspecified atom stereocenters. The van der Waals surface area contributed by atoms with Crippen molar-refractivity contribution in [2.24, 2.45) is 0 Å². The van der Waals surface area contributed by atoms with Gasteiger partial charge in [0.15, 0.2) is 0 Å². The molecule has 0 aliphatic carbocycles. The molecule has 0 aliphatic heterocycles. The molecule has 0 fully saturated rings. The van der Waals surface area contributed by atoms with Crippen LogP contribution in [0.5, 0.6) is 5.75 Å². The van der Waals surface area contributed by atoms with E-state index in [-0.39, 0.29) is 26.8 Å². The molecule has 0 aliphatic rings. The fraction of sp³-hybridized carbons (Fsp3) is 0. The van der Waals surface area contributed by atoms with Crippen LogP contribution < -0.4 is 0 Å². The first-order valence-electron chi connectivity index (χ1n) is 2.26. The normalized spacial score (nSPS) is 8.60. The van der Waals surface area contributed by atoms with E-state index in [0.717, 1.165) is 0 Å². The number of rotatable bonds is 0. The molecular formula is C6H3Cl2OW-. The Morgan fingerprint density at radius 1 is 1.30 bits per heavy atom. The SMILES string of the molecule is Oc1[c-]cc(Cl)c(Cl)c1.[W]. The maximum Gasteiger partial charge on any atom is 0.00545 e. The second-order valence-corrected chi connectivity index (χ2v) is 2.33. The van der Waals surface area contributed by atoms with E-state index in [1.165, 1.54) is 12.1 Å². The predicted molar refractivity (Wildman–Crippen MR) is 37.0 cm³/mol. The van der Waals surface area contributed by atoms with Gasteiger partial charge in [0.1, 0.15) is 0 Å². The van der Waals surface area contributed by atoms with E-state index < -0.39 is 0 Å². The Bertz CT molecular complexity index is 227. The monoisotopic (exact) mass is 345 g/mol. The van der Waals surface area contributed by atoms with Crippen LogP contribution in [0, 0.1) is 6.07 Å². The van der Waals surface area contributed by atoms with E-state index in [1.54, 1.807) is 0 Å². The van der Waals surface area contributed by atoms with Gasteiger partial charge in [-0.3, -0.25) is 0 Å². The molecule has 0 heterocycles. The molecule has 10 heavy (non-hydrogen) atoms. The third-order valence-electron chi connectivity index (χ3n) is 0.838. The van der Waals surface area contributed by atoms with Crippen molar-refractivity contribution in [2.45, 2.75) is 0 Å². The number of halogens is 2. The molecule has 0 aromatic heterocycles. The van der Waals surface area contributed by atoms with Crippen LogP contribution in [0.25, 0.3) is 0 Å².